The summed E-state index contributed by atoms with van der Waals surface area (Å²) >= 11 is 3.52. The van der Waals surface area contributed by atoms with Crippen molar-refractivity contribution in [2.75, 3.05) is 6.54 Å². The minimum absolute atomic E-state index is 0.424. The molecule has 0 radical (unpaired) electrons. The molecule has 1 unspecified atom stereocenters. The smallest absolute Gasteiger partial charge is 0.0175 e. The SMILES string of the molecule is CC(C)(C)CCC(CNC1CC1)c1ccc(Br)cc1. The third kappa shape index (κ3) is 5.66. The minimum Gasteiger partial charge on any atom is -0.313 e. The summed E-state index contributed by atoms with van der Waals surface area (Å²) in [5, 5.41) is 3.69. The zero-order valence-corrected chi connectivity index (χ0v) is 14.0. The lowest BCUT2D eigenvalue weighted by molar-refractivity contribution is 0.344. The van der Waals surface area contributed by atoms with Gasteiger partial charge in [-0.3, -0.25) is 0 Å². The molecule has 1 aliphatic rings. The van der Waals surface area contributed by atoms with Crippen LogP contribution >= 0.6 is 15.9 Å². The van der Waals surface area contributed by atoms with Crippen LogP contribution in [-0.2, 0) is 0 Å². The lowest BCUT2D eigenvalue weighted by Gasteiger charge is -2.24. The van der Waals surface area contributed by atoms with Gasteiger partial charge >= 0.3 is 0 Å². The summed E-state index contributed by atoms with van der Waals surface area (Å²) in [6.07, 6.45) is 5.28. The van der Waals surface area contributed by atoms with Crippen molar-refractivity contribution in [2.24, 2.45) is 5.41 Å². The molecule has 19 heavy (non-hydrogen) atoms. The van der Waals surface area contributed by atoms with Gasteiger partial charge in [-0.05, 0) is 54.7 Å². The number of hydrogen-bond donors (Lipinski definition) is 1. The molecule has 0 aliphatic heterocycles. The predicted octanol–water partition coefficient (Wildman–Crippen LogP) is 5.11. The standard InChI is InChI=1S/C17H26BrN/c1-17(2,3)11-10-14(12-19-16-8-9-16)13-4-6-15(18)7-5-13/h4-7,14,16,19H,8-12H2,1-3H3. The highest BCUT2D eigenvalue weighted by molar-refractivity contribution is 9.10. The molecular weight excluding hydrogens is 298 g/mol. The summed E-state index contributed by atoms with van der Waals surface area (Å²) in [5.74, 6) is 0.646. The van der Waals surface area contributed by atoms with Gasteiger partial charge in [0, 0.05) is 17.1 Å². The van der Waals surface area contributed by atoms with E-state index in [-0.39, 0.29) is 0 Å². The molecule has 106 valence electrons. The summed E-state index contributed by atoms with van der Waals surface area (Å²) in [6.45, 7) is 8.13. The quantitative estimate of drug-likeness (QED) is 0.766. The second-order valence-corrected chi connectivity index (χ2v) is 7.95. The number of hydrogen-bond acceptors (Lipinski definition) is 1. The zero-order valence-electron chi connectivity index (χ0n) is 12.4. The Bertz CT molecular complexity index is 387. The Labute approximate surface area is 126 Å². The average molecular weight is 324 g/mol. The van der Waals surface area contributed by atoms with Crippen molar-refractivity contribution in [2.45, 2.75) is 58.4 Å². The van der Waals surface area contributed by atoms with Crippen LogP contribution < -0.4 is 5.32 Å². The lowest BCUT2D eigenvalue weighted by atomic mass is 9.84. The fourth-order valence-electron chi connectivity index (χ4n) is 2.33. The van der Waals surface area contributed by atoms with Crippen LogP contribution in [0.25, 0.3) is 0 Å². The first-order valence-corrected chi connectivity index (χ1v) is 8.22. The van der Waals surface area contributed by atoms with Crippen molar-refractivity contribution in [3.8, 4) is 0 Å². The van der Waals surface area contributed by atoms with E-state index in [1.54, 1.807) is 0 Å². The van der Waals surface area contributed by atoms with Gasteiger partial charge in [-0.25, -0.2) is 0 Å². The van der Waals surface area contributed by atoms with Crippen molar-refractivity contribution in [3.63, 3.8) is 0 Å². The van der Waals surface area contributed by atoms with Gasteiger partial charge in [0.2, 0.25) is 0 Å². The van der Waals surface area contributed by atoms with Gasteiger partial charge in [-0.1, -0.05) is 48.8 Å². The summed E-state index contributed by atoms with van der Waals surface area (Å²) in [7, 11) is 0. The second-order valence-electron chi connectivity index (χ2n) is 7.03. The molecule has 0 bridgehead atoms. The molecule has 1 saturated carbocycles. The van der Waals surface area contributed by atoms with Crippen LogP contribution in [-0.4, -0.2) is 12.6 Å². The van der Waals surface area contributed by atoms with E-state index in [4.69, 9.17) is 0 Å². The molecule has 2 rings (SSSR count). The van der Waals surface area contributed by atoms with Crippen LogP contribution in [0.2, 0.25) is 0 Å². The van der Waals surface area contributed by atoms with Crippen LogP contribution in [0.3, 0.4) is 0 Å². The van der Waals surface area contributed by atoms with Gasteiger partial charge in [-0.2, -0.15) is 0 Å². The number of rotatable bonds is 6. The van der Waals surface area contributed by atoms with Crippen molar-refractivity contribution in [1.29, 1.82) is 0 Å². The molecule has 2 heteroatoms. The maximum absolute atomic E-state index is 3.69. The van der Waals surface area contributed by atoms with E-state index in [9.17, 15) is 0 Å². The fourth-order valence-corrected chi connectivity index (χ4v) is 2.59. The predicted molar refractivity (Wildman–Crippen MR) is 86.6 cm³/mol. The number of halogens is 1. The Kier molecular flexibility index (Phi) is 5.08. The molecule has 1 aromatic carbocycles. The van der Waals surface area contributed by atoms with Crippen molar-refractivity contribution < 1.29 is 0 Å². The molecule has 1 aromatic rings. The third-order valence-electron chi connectivity index (χ3n) is 3.81. The molecule has 1 fully saturated rings. The third-order valence-corrected chi connectivity index (χ3v) is 4.34. The highest BCUT2D eigenvalue weighted by Gasteiger charge is 2.23. The summed E-state index contributed by atoms with van der Waals surface area (Å²) < 4.78 is 1.17. The highest BCUT2D eigenvalue weighted by Crippen LogP contribution is 2.30. The van der Waals surface area contributed by atoms with E-state index in [0.717, 1.165) is 12.6 Å². The minimum atomic E-state index is 0.424. The topological polar surface area (TPSA) is 12.0 Å². The summed E-state index contributed by atoms with van der Waals surface area (Å²) in [4.78, 5) is 0. The van der Waals surface area contributed by atoms with Crippen LogP contribution in [0.15, 0.2) is 28.7 Å². The molecule has 0 heterocycles. The van der Waals surface area contributed by atoms with E-state index in [2.05, 4.69) is 66.3 Å². The van der Waals surface area contributed by atoms with E-state index in [0.29, 0.717) is 11.3 Å². The number of benzene rings is 1. The van der Waals surface area contributed by atoms with Crippen molar-refractivity contribution in [1.82, 2.24) is 5.32 Å². The van der Waals surface area contributed by atoms with Gasteiger partial charge in [0.05, 0.1) is 0 Å². The molecule has 1 nitrogen and oxygen atoms in total. The van der Waals surface area contributed by atoms with Crippen LogP contribution in [0.5, 0.6) is 0 Å². The first-order valence-electron chi connectivity index (χ1n) is 7.43. The Morgan fingerprint density at radius 2 is 1.84 bits per heavy atom. The molecule has 0 amide bonds. The molecule has 0 aromatic heterocycles. The molecule has 0 saturated heterocycles. The average Bonchev–Trinajstić information content (AvgIpc) is 3.13. The van der Waals surface area contributed by atoms with E-state index in [1.807, 2.05) is 0 Å². The van der Waals surface area contributed by atoms with Crippen molar-refractivity contribution >= 4 is 15.9 Å². The van der Waals surface area contributed by atoms with Gasteiger partial charge < -0.3 is 5.32 Å². The Hall–Kier alpha value is -0.340. The van der Waals surface area contributed by atoms with Gasteiger partial charge in [0.25, 0.3) is 0 Å². The normalized spacial score (nSPS) is 17.5. The maximum Gasteiger partial charge on any atom is 0.0175 e. The van der Waals surface area contributed by atoms with E-state index >= 15 is 0 Å². The molecule has 1 atom stereocenters. The van der Waals surface area contributed by atoms with Crippen LogP contribution in [0.4, 0.5) is 0 Å². The van der Waals surface area contributed by atoms with E-state index in [1.165, 1.54) is 35.7 Å². The van der Waals surface area contributed by atoms with Crippen molar-refractivity contribution in [3.05, 3.63) is 34.3 Å². The lowest BCUT2D eigenvalue weighted by Crippen LogP contribution is -2.24. The Balaban J connectivity index is 1.97. The Morgan fingerprint density at radius 3 is 2.37 bits per heavy atom. The largest absolute Gasteiger partial charge is 0.313 e. The maximum atomic E-state index is 3.69. The highest BCUT2D eigenvalue weighted by atomic mass is 79.9. The summed E-state index contributed by atoms with van der Waals surface area (Å²) in [5.41, 5.74) is 1.90. The van der Waals surface area contributed by atoms with E-state index < -0.39 is 0 Å². The Morgan fingerprint density at radius 1 is 1.21 bits per heavy atom. The molecule has 1 N–H and O–H groups in total. The first kappa shape index (κ1) is 15.1. The van der Waals surface area contributed by atoms with Gasteiger partial charge in [-0.15, -0.1) is 0 Å². The van der Waals surface area contributed by atoms with Gasteiger partial charge in [0.15, 0.2) is 0 Å². The first-order chi connectivity index (χ1) is 8.94. The fraction of sp³-hybridized carbons (Fsp3) is 0.647. The van der Waals surface area contributed by atoms with Crippen LogP contribution in [0, 0.1) is 5.41 Å². The second kappa shape index (κ2) is 6.41. The summed E-state index contributed by atoms with van der Waals surface area (Å²) in [6, 6.07) is 9.66. The van der Waals surface area contributed by atoms with Gasteiger partial charge in [0.1, 0.15) is 0 Å². The van der Waals surface area contributed by atoms with Crippen LogP contribution in [0.1, 0.15) is 57.9 Å². The number of nitrogens with one attached hydrogen (secondary N) is 1. The monoisotopic (exact) mass is 323 g/mol. The molecular formula is C17H26BrN. The molecule has 1 aliphatic carbocycles. The molecule has 0 spiro atoms. The zero-order chi connectivity index (χ0) is 13.9.